The molecule has 1 heterocycles. The molecule has 0 saturated carbocycles. The van der Waals surface area contributed by atoms with Gasteiger partial charge in [-0.05, 0) is 30.3 Å². The van der Waals surface area contributed by atoms with Crippen LogP contribution in [-0.2, 0) is 4.79 Å². The van der Waals surface area contributed by atoms with Crippen LogP contribution in [0.25, 0.3) is 0 Å². The van der Waals surface area contributed by atoms with Crippen LogP contribution in [0.15, 0.2) is 47.4 Å². The average Bonchev–Trinajstić information content (AvgIpc) is 2.65. The summed E-state index contributed by atoms with van der Waals surface area (Å²) in [5, 5.41) is 8.05. The Morgan fingerprint density at radius 1 is 1.19 bits per heavy atom. The van der Waals surface area contributed by atoms with Crippen molar-refractivity contribution in [1.29, 1.82) is 0 Å². The van der Waals surface area contributed by atoms with Crippen molar-refractivity contribution in [2.45, 2.75) is 4.90 Å². The Labute approximate surface area is 154 Å². The van der Waals surface area contributed by atoms with Crippen LogP contribution in [0.5, 0.6) is 0 Å². The number of carbonyl (C=O) groups excluding carboxylic acids is 3. The molecule has 1 aliphatic rings. The van der Waals surface area contributed by atoms with Crippen LogP contribution in [0.3, 0.4) is 0 Å². The van der Waals surface area contributed by atoms with Gasteiger partial charge < -0.3 is 16.0 Å². The number of rotatable bonds is 4. The smallest absolute Gasteiger partial charge is 0.255 e. The van der Waals surface area contributed by atoms with Gasteiger partial charge in [-0.1, -0.05) is 18.1 Å². The summed E-state index contributed by atoms with van der Waals surface area (Å²) in [5.74, 6) is 1.84. The number of hydrogen-bond donors (Lipinski definition) is 3. The van der Waals surface area contributed by atoms with E-state index >= 15 is 0 Å². The van der Waals surface area contributed by atoms with Crippen molar-refractivity contribution in [3.8, 4) is 12.3 Å². The maximum atomic E-state index is 12.6. The second kappa shape index (κ2) is 7.76. The molecular formula is C19H15N3O3S. The molecule has 26 heavy (non-hydrogen) atoms. The Bertz CT molecular complexity index is 934. The second-order valence-corrected chi connectivity index (χ2v) is 6.45. The summed E-state index contributed by atoms with van der Waals surface area (Å²) in [6.45, 7) is 0.100. The Morgan fingerprint density at radius 2 is 2.00 bits per heavy atom. The van der Waals surface area contributed by atoms with Crippen LogP contribution in [0, 0.1) is 12.3 Å². The first-order valence-corrected chi connectivity index (χ1v) is 8.76. The number of hydrogen-bond acceptors (Lipinski definition) is 4. The van der Waals surface area contributed by atoms with Gasteiger partial charge in [-0.2, -0.15) is 0 Å². The number of amides is 3. The first kappa shape index (κ1) is 17.6. The van der Waals surface area contributed by atoms with Gasteiger partial charge >= 0.3 is 0 Å². The largest absolute Gasteiger partial charge is 0.341 e. The molecule has 0 unspecified atom stereocenters. The molecule has 130 valence electrons. The minimum absolute atomic E-state index is 0.100. The molecule has 2 aromatic carbocycles. The van der Waals surface area contributed by atoms with E-state index in [1.54, 1.807) is 42.5 Å². The van der Waals surface area contributed by atoms with Crippen LogP contribution < -0.4 is 16.0 Å². The molecule has 6 nitrogen and oxygen atoms in total. The summed E-state index contributed by atoms with van der Waals surface area (Å²) in [7, 11) is 0. The number of carbonyl (C=O) groups is 3. The van der Waals surface area contributed by atoms with Crippen LogP contribution in [0.2, 0.25) is 0 Å². The van der Waals surface area contributed by atoms with Crippen molar-refractivity contribution in [1.82, 2.24) is 5.32 Å². The molecule has 0 aromatic heterocycles. The molecule has 0 spiro atoms. The van der Waals surface area contributed by atoms with Crippen LogP contribution in [-0.4, -0.2) is 30.0 Å². The zero-order valence-corrected chi connectivity index (χ0v) is 14.5. The Kier molecular flexibility index (Phi) is 5.25. The molecule has 2 aromatic rings. The highest BCUT2D eigenvalue weighted by molar-refractivity contribution is 8.00. The van der Waals surface area contributed by atoms with E-state index < -0.39 is 0 Å². The van der Waals surface area contributed by atoms with E-state index in [-0.39, 0.29) is 24.3 Å². The summed E-state index contributed by atoms with van der Waals surface area (Å²) >= 11 is 1.42. The molecule has 0 fully saturated rings. The van der Waals surface area contributed by atoms with E-state index in [0.29, 0.717) is 28.3 Å². The normalized spacial score (nSPS) is 12.3. The second-order valence-electron chi connectivity index (χ2n) is 5.43. The van der Waals surface area contributed by atoms with Crippen LogP contribution in [0.4, 0.5) is 11.4 Å². The molecule has 1 aliphatic heterocycles. The number of thioether (sulfide) groups is 1. The van der Waals surface area contributed by atoms with Crippen molar-refractivity contribution in [2.24, 2.45) is 0 Å². The topological polar surface area (TPSA) is 87.3 Å². The fraction of sp³-hybridized carbons (Fsp3) is 0.105. The Morgan fingerprint density at radius 3 is 2.81 bits per heavy atom. The first-order chi connectivity index (χ1) is 12.6. The molecule has 3 rings (SSSR count). The van der Waals surface area contributed by atoms with E-state index in [4.69, 9.17) is 6.42 Å². The summed E-state index contributed by atoms with van der Waals surface area (Å²) in [6, 6.07) is 11.8. The van der Waals surface area contributed by atoms with Gasteiger partial charge in [-0.25, -0.2) is 0 Å². The molecule has 0 radical (unpaired) electrons. The molecular weight excluding hydrogens is 350 g/mol. The van der Waals surface area contributed by atoms with Crippen molar-refractivity contribution < 1.29 is 14.4 Å². The van der Waals surface area contributed by atoms with E-state index in [9.17, 15) is 14.4 Å². The highest BCUT2D eigenvalue weighted by Gasteiger charge is 2.18. The molecule has 0 atom stereocenters. The maximum absolute atomic E-state index is 12.6. The van der Waals surface area contributed by atoms with Crippen LogP contribution >= 0.6 is 11.8 Å². The van der Waals surface area contributed by atoms with Gasteiger partial charge in [0, 0.05) is 10.5 Å². The molecule has 7 heteroatoms. The predicted molar refractivity (Wildman–Crippen MR) is 101 cm³/mol. The third kappa shape index (κ3) is 3.87. The fourth-order valence-electron chi connectivity index (χ4n) is 2.44. The SMILES string of the molecule is C#CCNC(=O)c1ccccc1NC(=O)c1ccc2c(c1)NC(=O)CS2. The van der Waals surface area contributed by atoms with Gasteiger partial charge in [0.2, 0.25) is 5.91 Å². The molecule has 0 saturated heterocycles. The van der Waals surface area contributed by atoms with E-state index in [2.05, 4.69) is 21.9 Å². The highest BCUT2D eigenvalue weighted by atomic mass is 32.2. The zero-order chi connectivity index (χ0) is 18.5. The lowest BCUT2D eigenvalue weighted by Crippen LogP contribution is -2.25. The molecule has 3 N–H and O–H groups in total. The Hall–Kier alpha value is -3.24. The average molecular weight is 365 g/mol. The minimum Gasteiger partial charge on any atom is -0.341 e. The highest BCUT2D eigenvalue weighted by Crippen LogP contribution is 2.32. The maximum Gasteiger partial charge on any atom is 0.255 e. The third-order valence-corrected chi connectivity index (χ3v) is 4.72. The minimum atomic E-state index is -0.380. The summed E-state index contributed by atoms with van der Waals surface area (Å²) in [6.07, 6.45) is 5.15. The monoisotopic (exact) mass is 365 g/mol. The summed E-state index contributed by atoms with van der Waals surface area (Å²) < 4.78 is 0. The van der Waals surface area contributed by atoms with Gasteiger partial charge in [0.15, 0.2) is 0 Å². The van der Waals surface area contributed by atoms with Crippen molar-refractivity contribution in [3.63, 3.8) is 0 Å². The number of benzene rings is 2. The number of nitrogens with one attached hydrogen (secondary N) is 3. The van der Waals surface area contributed by atoms with E-state index in [1.807, 2.05) is 0 Å². The van der Waals surface area contributed by atoms with E-state index in [1.165, 1.54) is 11.8 Å². The number of para-hydroxylation sites is 1. The number of anilines is 2. The fourth-order valence-corrected chi connectivity index (χ4v) is 3.22. The van der Waals surface area contributed by atoms with Crippen LogP contribution in [0.1, 0.15) is 20.7 Å². The lowest BCUT2D eigenvalue weighted by atomic mass is 10.1. The number of terminal acetylenes is 1. The standard InChI is InChI=1S/C19H15N3O3S/c1-2-9-20-19(25)13-5-3-4-6-14(13)22-18(24)12-7-8-16-15(10-12)21-17(23)11-26-16/h1,3-8,10H,9,11H2,(H,20,25)(H,21,23)(H,22,24). The molecule has 0 bridgehead atoms. The van der Waals surface area contributed by atoms with Crippen molar-refractivity contribution in [3.05, 3.63) is 53.6 Å². The predicted octanol–water partition coefficient (Wildman–Crippen LogP) is 2.35. The summed E-state index contributed by atoms with van der Waals surface area (Å²) in [5.41, 5.74) is 1.69. The number of fused-ring (bicyclic) bond motifs is 1. The Balaban J connectivity index is 1.81. The van der Waals surface area contributed by atoms with Crippen molar-refractivity contribution >= 4 is 40.9 Å². The lowest BCUT2D eigenvalue weighted by Gasteiger charge is -2.17. The van der Waals surface area contributed by atoms with Gasteiger partial charge in [-0.3, -0.25) is 14.4 Å². The quantitative estimate of drug-likeness (QED) is 0.726. The van der Waals surface area contributed by atoms with E-state index in [0.717, 1.165) is 4.90 Å². The lowest BCUT2D eigenvalue weighted by molar-refractivity contribution is -0.113. The zero-order valence-electron chi connectivity index (χ0n) is 13.7. The van der Waals surface area contributed by atoms with Crippen molar-refractivity contribution in [2.75, 3.05) is 22.9 Å². The molecule has 0 aliphatic carbocycles. The molecule has 3 amide bonds. The third-order valence-electron chi connectivity index (χ3n) is 3.65. The van der Waals surface area contributed by atoms with Gasteiger partial charge in [-0.15, -0.1) is 18.2 Å². The van der Waals surface area contributed by atoms with Gasteiger partial charge in [0.25, 0.3) is 11.8 Å². The first-order valence-electron chi connectivity index (χ1n) is 7.77. The van der Waals surface area contributed by atoms with Gasteiger partial charge in [0.05, 0.1) is 29.2 Å². The van der Waals surface area contributed by atoms with Gasteiger partial charge in [0.1, 0.15) is 0 Å². The summed E-state index contributed by atoms with van der Waals surface area (Å²) in [4.78, 5) is 37.2.